The van der Waals surface area contributed by atoms with Crippen LogP contribution in [0.15, 0.2) is 12.5 Å². The Morgan fingerprint density at radius 3 is 1.46 bits per heavy atom. The molecule has 314 valence electrons. The van der Waals surface area contributed by atoms with Crippen LogP contribution in [0.1, 0.15) is 187 Å². The van der Waals surface area contributed by atoms with Gasteiger partial charge in [-0.15, -0.1) is 0 Å². The van der Waals surface area contributed by atoms with Crippen molar-refractivity contribution in [1.82, 2.24) is 20.2 Å². The molecule has 0 bridgehead atoms. The maximum absolute atomic E-state index is 14.1. The summed E-state index contributed by atoms with van der Waals surface area (Å²) in [6, 6.07) is -0.637. The number of carbonyl (C=O) groups excluding carboxylic acids is 3. The number of hydrogen-bond acceptors (Lipinski definition) is 8. The molecule has 54 heavy (non-hydrogen) atoms. The van der Waals surface area contributed by atoms with E-state index in [1.165, 1.54) is 64.2 Å². The number of rotatable bonds is 38. The fraction of sp³-hybridized carbons (Fsp3) is 0.864. The van der Waals surface area contributed by atoms with Crippen LogP contribution in [0, 0.1) is 11.8 Å². The molecule has 0 spiro atoms. The van der Waals surface area contributed by atoms with Crippen LogP contribution < -0.4 is 5.32 Å². The monoisotopic (exact) mass is 763 g/mol. The molecule has 0 aliphatic heterocycles. The van der Waals surface area contributed by atoms with Gasteiger partial charge < -0.3 is 29.8 Å². The normalized spacial score (nSPS) is 13.1. The second-order valence-electron chi connectivity index (χ2n) is 15.4. The highest BCUT2D eigenvalue weighted by atomic mass is 16.5. The molecule has 0 aliphatic carbocycles. The van der Waals surface area contributed by atoms with Gasteiger partial charge in [-0.3, -0.25) is 14.4 Å². The molecule has 1 amide bonds. The largest absolute Gasteiger partial charge is 0.464 e. The lowest BCUT2D eigenvalue weighted by molar-refractivity contribution is -0.152. The van der Waals surface area contributed by atoms with E-state index < -0.39 is 6.04 Å². The summed E-state index contributed by atoms with van der Waals surface area (Å²) in [6.45, 7) is 9.51. The number of hydrogen-bond donors (Lipinski definition) is 3. The fourth-order valence-electron chi connectivity index (χ4n) is 7.14. The molecular formula is C44H82N4O6. The molecular weight excluding hydrogens is 681 g/mol. The number of esters is 2. The Kier molecular flexibility index (Phi) is 32.1. The van der Waals surface area contributed by atoms with Gasteiger partial charge in [0, 0.05) is 24.9 Å². The van der Waals surface area contributed by atoms with Crippen LogP contribution >= 0.6 is 0 Å². The number of aliphatic hydroxyl groups excluding tert-OH is 1. The van der Waals surface area contributed by atoms with Gasteiger partial charge in [-0.05, 0) is 25.7 Å². The minimum Gasteiger partial charge on any atom is -0.464 e. The summed E-state index contributed by atoms with van der Waals surface area (Å²) in [7, 11) is 0. The van der Waals surface area contributed by atoms with E-state index in [0.29, 0.717) is 6.42 Å². The zero-order valence-electron chi connectivity index (χ0n) is 35.2. The number of H-pyrrole nitrogens is 1. The van der Waals surface area contributed by atoms with Crippen LogP contribution in [-0.4, -0.2) is 83.3 Å². The topological polar surface area (TPSA) is 134 Å². The summed E-state index contributed by atoms with van der Waals surface area (Å²) in [5, 5.41) is 12.7. The Hall–Kier alpha value is -2.46. The Labute approximate surface area is 330 Å². The highest BCUT2D eigenvalue weighted by Crippen LogP contribution is 2.22. The van der Waals surface area contributed by atoms with E-state index in [1.54, 1.807) is 17.4 Å². The second kappa shape index (κ2) is 35.0. The number of carbonyl (C=O) groups is 3. The van der Waals surface area contributed by atoms with Crippen molar-refractivity contribution in [2.45, 2.75) is 194 Å². The number of unbranched alkanes of at least 4 members (excludes halogenated alkanes) is 16. The van der Waals surface area contributed by atoms with E-state index in [4.69, 9.17) is 9.47 Å². The number of amides is 1. The number of ether oxygens (including phenoxy) is 2. The summed E-state index contributed by atoms with van der Waals surface area (Å²) in [5.74, 6) is -0.799. The summed E-state index contributed by atoms with van der Waals surface area (Å²) in [4.78, 5) is 49.7. The number of nitrogens with zero attached hydrogens (tertiary/aromatic N) is 2. The minimum atomic E-state index is -0.637. The molecule has 0 aromatic carbocycles. The first-order valence-electron chi connectivity index (χ1n) is 22.3. The van der Waals surface area contributed by atoms with Crippen molar-refractivity contribution in [2.75, 3.05) is 39.5 Å². The molecule has 0 radical (unpaired) electrons. The molecule has 0 aliphatic rings. The van der Waals surface area contributed by atoms with Gasteiger partial charge >= 0.3 is 11.9 Å². The van der Waals surface area contributed by atoms with Gasteiger partial charge in [-0.1, -0.05) is 156 Å². The molecule has 1 heterocycles. The first kappa shape index (κ1) is 49.6. The molecule has 0 fully saturated rings. The first-order valence-corrected chi connectivity index (χ1v) is 22.3. The minimum absolute atomic E-state index is 0.0787. The van der Waals surface area contributed by atoms with Gasteiger partial charge in [0.2, 0.25) is 5.91 Å². The van der Waals surface area contributed by atoms with E-state index >= 15 is 0 Å². The van der Waals surface area contributed by atoms with Crippen LogP contribution in [0.2, 0.25) is 0 Å². The predicted molar refractivity (Wildman–Crippen MR) is 220 cm³/mol. The summed E-state index contributed by atoms with van der Waals surface area (Å²) in [5.41, 5.74) is 0.790. The highest BCUT2D eigenvalue weighted by molar-refractivity contribution is 5.82. The zero-order chi connectivity index (χ0) is 39.5. The van der Waals surface area contributed by atoms with E-state index in [2.05, 4.69) is 43.0 Å². The van der Waals surface area contributed by atoms with Gasteiger partial charge in [0.25, 0.3) is 0 Å². The van der Waals surface area contributed by atoms with Crippen molar-refractivity contribution >= 4 is 17.8 Å². The number of aliphatic hydroxyl groups is 1. The third-order valence-electron chi connectivity index (χ3n) is 10.6. The van der Waals surface area contributed by atoms with Crippen LogP contribution in [-0.2, 0) is 30.3 Å². The van der Waals surface area contributed by atoms with Gasteiger partial charge in [-0.2, -0.15) is 0 Å². The summed E-state index contributed by atoms with van der Waals surface area (Å²) in [6.07, 6.45) is 30.0. The molecule has 3 N–H and O–H groups in total. The lowest BCUT2D eigenvalue weighted by Crippen LogP contribution is -2.50. The SMILES string of the molecule is CCCCCCCCC(CCCCCC)C(=O)OCCN(CCOC(=O)C(CCCCCC)CCCCCCCC)C(=O)C(Cc1cnc[nH]1)NCCO. The first-order chi connectivity index (χ1) is 26.4. The van der Waals surface area contributed by atoms with Crippen molar-refractivity contribution in [3.8, 4) is 0 Å². The fourth-order valence-corrected chi connectivity index (χ4v) is 7.14. The molecule has 1 aromatic heterocycles. The lowest BCUT2D eigenvalue weighted by atomic mass is 9.94. The van der Waals surface area contributed by atoms with E-state index in [-0.39, 0.29) is 69.1 Å². The van der Waals surface area contributed by atoms with E-state index in [1.807, 2.05) is 0 Å². The van der Waals surface area contributed by atoms with Gasteiger partial charge in [0.1, 0.15) is 13.2 Å². The molecule has 10 heteroatoms. The standard InChI is InChI=1S/C44H82N4O6/c1-5-9-13-17-19-23-27-38(25-21-15-11-7-3)43(51)53-33-30-48(42(50)41(46-29-32-49)35-40-36-45-37-47-40)31-34-54-44(52)39(26-22-16-12-8-4)28-24-20-18-14-10-6-2/h36-39,41,46,49H,5-35H2,1-4H3,(H,45,47). The maximum Gasteiger partial charge on any atom is 0.308 e. The highest BCUT2D eigenvalue weighted by Gasteiger charge is 2.27. The molecule has 1 rings (SSSR count). The number of aromatic amines is 1. The Morgan fingerprint density at radius 1 is 0.667 bits per heavy atom. The molecule has 10 nitrogen and oxygen atoms in total. The molecule has 1 aromatic rings. The second-order valence-corrected chi connectivity index (χ2v) is 15.4. The zero-order valence-corrected chi connectivity index (χ0v) is 35.2. The summed E-state index contributed by atoms with van der Waals surface area (Å²) < 4.78 is 11.8. The molecule has 3 unspecified atom stereocenters. The van der Waals surface area contributed by atoms with E-state index in [0.717, 1.165) is 95.6 Å². The Morgan fingerprint density at radius 2 is 1.07 bits per heavy atom. The lowest BCUT2D eigenvalue weighted by Gasteiger charge is -2.28. The van der Waals surface area contributed by atoms with Gasteiger partial charge in [0.15, 0.2) is 0 Å². The smallest absolute Gasteiger partial charge is 0.308 e. The number of imidazole rings is 1. The average molecular weight is 763 g/mol. The van der Waals surface area contributed by atoms with Crippen LogP contribution in [0.3, 0.4) is 0 Å². The van der Waals surface area contributed by atoms with E-state index in [9.17, 15) is 19.5 Å². The van der Waals surface area contributed by atoms with Crippen molar-refractivity contribution in [3.05, 3.63) is 18.2 Å². The molecule has 0 saturated heterocycles. The predicted octanol–water partition coefficient (Wildman–Crippen LogP) is 9.49. The van der Waals surface area contributed by atoms with Crippen molar-refractivity contribution in [3.63, 3.8) is 0 Å². The summed E-state index contributed by atoms with van der Waals surface area (Å²) >= 11 is 0. The van der Waals surface area contributed by atoms with Crippen molar-refractivity contribution in [1.29, 1.82) is 0 Å². The number of nitrogens with one attached hydrogen (secondary N) is 2. The van der Waals surface area contributed by atoms with Crippen LogP contribution in [0.4, 0.5) is 0 Å². The van der Waals surface area contributed by atoms with Crippen molar-refractivity contribution < 1.29 is 29.0 Å². The Balaban J connectivity index is 2.97. The molecule has 0 saturated carbocycles. The quantitative estimate of drug-likeness (QED) is 0.0448. The third-order valence-corrected chi connectivity index (χ3v) is 10.6. The Bertz CT molecular complexity index is 973. The maximum atomic E-state index is 14.1. The van der Waals surface area contributed by atoms with Crippen LogP contribution in [0.25, 0.3) is 0 Å². The van der Waals surface area contributed by atoms with Gasteiger partial charge in [0.05, 0.1) is 43.9 Å². The van der Waals surface area contributed by atoms with Crippen LogP contribution in [0.5, 0.6) is 0 Å². The van der Waals surface area contributed by atoms with Crippen molar-refractivity contribution in [2.24, 2.45) is 11.8 Å². The van der Waals surface area contributed by atoms with Gasteiger partial charge in [-0.25, -0.2) is 4.98 Å². The molecule has 3 atom stereocenters. The number of aromatic nitrogens is 2. The average Bonchev–Trinajstić information content (AvgIpc) is 3.70. The third kappa shape index (κ3) is 24.8.